The van der Waals surface area contributed by atoms with E-state index in [1.807, 2.05) is 119 Å². The van der Waals surface area contributed by atoms with Gasteiger partial charge in [0.05, 0.1) is 18.4 Å². The molecule has 2 N–H and O–H groups in total. The van der Waals surface area contributed by atoms with Crippen LogP contribution in [-0.4, -0.2) is 18.1 Å². The lowest BCUT2D eigenvalue weighted by atomic mass is 10.0. The molecule has 52 heavy (non-hydrogen) atoms. The van der Waals surface area contributed by atoms with Crippen molar-refractivity contribution in [2.24, 2.45) is 20.5 Å². The van der Waals surface area contributed by atoms with Crippen LogP contribution in [0.5, 0.6) is 0 Å². The second-order valence-electron chi connectivity index (χ2n) is 12.3. The van der Waals surface area contributed by atoms with Crippen molar-refractivity contribution in [1.29, 1.82) is 5.26 Å². The summed E-state index contributed by atoms with van der Waals surface area (Å²) < 4.78 is 5.27. The number of azo groups is 2. The zero-order chi connectivity index (χ0) is 36.8. The van der Waals surface area contributed by atoms with Crippen molar-refractivity contribution in [3.63, 3.8) is 0 Å². The van der Waals surface area contributed by atoms with Gasteiger partial charge in [0.2, 0.25) is 0 Å². The fraction of sp³-hybridized carbons (Fsp3) is 0.146. The molecule has 0 fully saturated rings. The minimum Gasteiger partial charge on any atom is -0.465 e. The van der Waals surface area contributed by atoms with Crippen LogP contribution in [0.3, 0.4) is 0 Å². The van der Waals surface area contributed by atoms with Crippen molar-refractivity contribution in [3.8, 4) is 17.2 Å². The number of nitriles is 1. The van der Waals surface area contributed by atoms with Crippen molar-refractivity contribution in [2.45, 2.75) is 34.6 Å². The first-order valence-electron chi connectivity index (χ1n) is 16.5. The highest BCUT2D eigenvalue weighted by Gasteiger charge is 2.27. The summed E-state index contributed by atoms with van der Waals surface area (Å²) in [5.74, 6) is 0.136. The maximum absolute atomic E-state index is 13.5. The van der Waals surface area contributed by atoms with Crippen molar-refractivity contribution >= 4 is 61.7 Å². The summed E-state index contributed by atoms with van der Waals surface area (Å²) in [6, 6.07) is 33.3. The van der Waals surface area contributed by atoms with Crippen molar-refractivity contribution in [2.75, 3.05) is 17.7 Å². The Hall–Kier alpha value is -6.51. The standard InChI is InChI=1S/C41H36N8O2S/c1-24-12-16-30(17-13-24)43-37-33(23-42)28(5)36(38(45-37)44-31-18-14-25(2)15-19-31)47-49-40-35(41(50)51-6)34(29-10-8-7-9-11-29)39(52-40)48-46-32-21-26(3)20-27(4)22-32/h7-22H,1-6H3,(H2,43,44,45). The Morgan fingerprint density at radius 1 is 0.712 bits per heavy atom. The van der Waals surface area contributed by atoms with Gasteiger partial charge >= 0.3 is 5.97 Å². The number of hydrogen-bond donors (Lipinski definition) is 2. The van der Waals surface area contributed by atoms with E-state index in [1.165, 1.54) is 18.4 Å². The number of aryl methyl sites for hydroxylation is 4. The number of pyridine rings is 1. The highest BCUT2D eigenvalue weighted by molar-refractivity contribution is 7.20. The van der Waals surface area contributed by atoms with E-state index < -0.39 is 5.97 Å². The minimum absolute atomic E-state index is 0.202. The zero-order valence-electron chi connectivity index (χ0n) is 29.6. The molecule has 0 unspecified atom stereocenters. The number of benzene rings is 4. The molecule has 2 aromatic heterocycles. The summed E-state index contributed by atoms with van der Waals surface area (Å²) in [4.78, 5) is 18.3. The number of carbonyl (C=O) groups is 1. The van der Waals surface area contributed by atoms with Crippen molar-refractivity contribution in [1.82, 2.24) is 4.98 Å². The normalized spacial score (nSPS) is 11.2. The lowest BCUT2D eigenvalue weighted by Gasteiger charge is -2.16. The molecule has 0 aliphatic carbocycles. The third-order valence-electron chi connectivity index (χ3n) is 8.18. The topological polar surface area (TPSA) is 136 Å². The van der Waals surface area contributed by atoms with Crippen LogP contribution in [0.1, 0.15) is 43.7 Å². The van der Waals surface area contributed by atoms with Crippen LogP contribution < -0.4 is 10.6 Å². The maximum Gasteiger partial charge on any atom is 0.341 e. The van der Waals surface area contributed by atoms with Crippen LogP contribution in [0.25, 0.3) is 11.1 Å². The largest absolute Gasteiger partial charge is 0.465 e. The molecule has 6 rings (SSSR count). The quantitative estimate of drug-likeness (QED) is 0.108. The van der Waals surface area contributed by atoms with E-state index in [-0.39, 0.29) is 10.6 Å². The number of esters is 1. The van der Waals surface area contributed by atoms with Crippen LogP contribution in [0.4, 0.5) is 44.4 Å². The molecule has 0 spiro atoms. The lowest BCUT2D eigenvalue weighted by molar-refractivity contribution is 0.0603. The number of rotatable bonds is 10. The first-order valence-corrected chi connectivity index (χ1v) is 17.3. The molecule has 0 aliphatic heterocycles. The molecule has 258 valence electrons. The van der Waals surface area contributed by atoms with Crippen LogP contribution in [-0.2, 0) is 4.74 Å². The van der Waals surface area contributed by atoms with Crippen LogP contribution in [0.2, 0.25) is 0 Å². The average Bonchev–Trinajstić information content (AvgIpc) is 3.50. The minimum atomic E-state index is -0.597. The first kappa shape index (κ1) is 35.3. The van der Waals surface area contributed by atoms with Gasteiger partial charge in [-0.1, -0.05) is 83.1 Å². The molecular weight excluding hydrogens is 669 g/mol. The monoisotopic (exact) mass is 704 g/mol. The number of nitrogens with one attached hydrogen (secondary N) is 2. The summed E-state index contributed by atoms with van der Waals surface area (Å²) in [6.45, 7) is 9.82. The highest BCUT2D eigenvalue weighted by Crippen LogP contribution is 2.49. The molecule has 0 radical (unpaired) electrons. The van der Waals surface area contributed by atoms with Crippen molar-refractivity contribution in [3.05, 3.63) is 136 Å². The molecule has 0 saturated heterocycles. The number of hydrogen-bond acceptors (Lipinski definition) is 11. The second kappa shape index (κ2) is 15.6. The summed E-state index contributed by atoms with van der Waals surface area (Å²) in [7, 11) is 1.32. The van der Waals surface area contributed by atoms with Crippen LogP contribution >= 0.6 is 11.3 Å². The number of ether oxygens (including phenoxy) is 1. The van der Waals surface area contributed by atoms with Crippen LogP contribution in [0.15, 0.2) is 118 Å². The summed E-state index contributed by atoms with van der Waals surface area (Å²) in [6.07, 6.45) is 0. The molecule has 6 aromatic rings. The van der Waals surface area contributed by atoms with Gasteiger partial charge in [0.1, 0.15) is 22.3 Å². The van der Waals surface area contributed by atoms with E-state index in [1.54, 1.807) is 6.92 Å². The SMILES string of the molecule is COC(=O)c1c(N=Nc2c(Nc3ccc(C)cc3)nc(Nc3ccc(C)cc3)c(C#N)c2C)sc(N=Nc2cc(C)cc(C)c2)c1-c1ccccc1. The number of thiophene rings is 1. The fourth-order valence-corrected chi connectivity index (χ4v) is 6.55. The van der Waals surface area contributed by atoms with E-state index in [0.717, 1.165) is 39.2 Å². The second-order valence-corrected chi connectivity index (χ2v) is 13.3. The number of nitrogens with zero attached hydrogens (tertiary/aromatic N) is 6. The maximum atomic E-state index is 13.5. The van der Waals surface area contributed by atoms with E-state index >= 15 is 0 Å². The van der Waals surface area contributed by atoms with Gasteiger partial charge in [-0.2, -0.15) is 5.26 Å². The Balaban J connectivity index is 1.51. The van der Waals surface area contributed by atoms with E-state index in [2.05, 4.69) is 43.2 Å². The molecule has 4 aromatic carbocycles. The fourth-order valence-electron chi connectivity index (χ4n) is 5.60. The van der Waals surface area contributed by atoms with Gasteiger partial charge < -0.3 is 15.4 Å². The van der Waals surface area contributed by atoms with Crippen LogP contribution in [0, 0.1) is 45.9 Å². The number of aromatic nitrogens is 1. The van der Waals surface area contributed by atoms with Gasteiger partial charge in [0, 0.05) is 22.5 Å². The number of carbonyl (C=O) groups excluding carboxylic acids is 1. The molecule has 0 aliphatic rings. The molecule has 0 amide bonds. The molecule has 0 saturated carbocycles. The predicted octanol–water partition coefficient (Wildman–Crippen LogP) is 12.3. The Morgan fingerprint density at radius 2 is 1.29 bits per heavy atom. The molecule has 11 heteroatoms. The first-order chi connectivity index (χ1) is 25.1. The molecule has 2 heterocycles. The number of methoxy groups -OCH3 is 1. The van der Waals surface area contributed by atoms with Gasteiger partial charge in [0.25, 0.3) is 0 Å². The molecule has 10 nitrogen and oxygen atoms in total. The van der Waals surface area contributed by atoms with E-state index in [9.17, 15) is 10.1 Å². The number of anilines is 4. The van der Waals surface area contributed by atoms with E-state index in [0.29, 0.717) is 44.7 Å². The van der Waals surface area contributed by atoms with Gasteiger partial charge in [-0.25, -0.2) is 9.78 Å². The predicted molar refractivity (Wildman–Crippen MR) is 208 cm³/mol. The van der Waals surface area contributed by atoms with E-state index in [4.69, 9.17) is 9.72 Å². The summed E-state index contributed by atoms with van der Waals surface area (Å²) in [5, 5.41) is 36.2. The van der Waals surface area contributed by atoms with Crippen molar-refractivity contribution < 1.29 is 9.53 Å². The Labute approximate surface area is 306 Å². The van der Waals surface area contributed by atoms with Gasteiger partial charge in [-0.3, -0.25) is 0 Å². The third kappa shape index (κ3) is 7.93. The van der Waals surface area contributed by atoms with Gasteiger partial charge in [-0.15, -0.1) is 20.5 Å². The summed E-state index contributed by atoms with van der Waals surface area (Å²) in [5.41, 5.74) is 9.21. The smallest absolute Gasteiger partial charge is 0.341 e. The highest BCUT2D eigenvalue weighted by atomic mass is 32.1. The van der Waals surface area contributed by atoms with Gasteiger partial charge in [-0.05, 0) is 87.7 Å². The Kier molecular flexibility index (Phi) is 10.6. The third-order valence-corrected chi connectivity index (χ3v) is 9.14. The molecular formula is C41H36N8O2S. The average molecular weight is 705 g/mol. The Bertz CT molecular complexity index is 2340. The zero-order valence-corrected chi connectivity index (χ0v) is 30.5. The Morgan fingerprint density at radius 3 is 1.87 bits per heavy atom. The van der Waals surface area contributed by atoms with Gasteiger partial charge in [0.15, 0.2) is 16.6 Å². The molecule has 0 bridgehead atoms. The lowest BCUT2D eigenvalue weighted by Crippen LogP contribution is -2.04. The summed E-state index contributed by atoms with van der Waals surface area (Å²) >= 11 is 1.17. The molecule has 0 atom stereocenters.